The van der Waals surface area contributed by atoms with E-state index in [1.54, 1.807) is 0 Å². The van der Waals surface area contributed by atoms with Gasteiger partial charge in [-0.25, -0.2) is 4.98 Å². The molecule has 0 radical (unpaired) electrons. The maximum absolute atomic E-state index is 12.5. The Balaban J connectivity index is 2.23. The van der Waals surface area contributed by atoms with Crippen LogP contribution in [0.5, 0.6) is 0 Å². The maximum atomic E-state index is 12.5. The second-order valence-corrected chi connectivity index (χ2v) is 5.08. The van der Waals surface area contributed by atoms with Crippen LogP contribution in [0.25, 0.3) is 10.2 Å². The van der Waals surface area contributed by atoms with E-state index in [2.05, 4.69) is 17.2 Å². The highest BCUT2D eigenvalue weighted by atomic mass is 32.1. The lowest BCUT2D eigenvalue weighted by atomic mass is 10.2. The summed E-state index contributed by atoms with van der Waals surface area (Å²) in [6.45, 7) is 3.54. The van der Waals surface area contributed by atoms with Crippen molar-refractivity contribution in [2.45, 2.75) is 26.1 Å². The lowest BCUT2D eigenvalue weighted by molar-refractivity contribution is -0.137. The number of hydrogen-bond donors (Lipinski definition) is 1. The lowest BCUT2D eigenvalue weighted by Crippen LogP contribution is -2.13. The monoisotopic (exact) mass is 274 g/mol. The van der Waals surface area contributed by atoms with E-state index in [0.29, 0.717) is 12.1 Å². The highest BCUT2D eigenvalue weighted by Crippen LogP contribution is 2.32. The van der Waals surface area contributed by atoms with Crippen LogP contribution in [0.3, 0.4) is 0 Å². The van der Waals surface area contributed by atoms with Crippen molar-refractivity contribution in [2.75, 3.05) is 6.54 Å². The molecule has 98 valence electrons. The van der Waals surface area contributed by atoms with Crippen molar-refractivity contribution < 1.29 is 13.2 Å². The van der Waals surface area contributed by atoms with Gasteiger partial charge in [0, 0.05) is 6.54 Å². The minimum absolute atomic E-state index is 0.420. The van der Waals surface area contributed by atoms with Crippen molar-refractivity contribution >= 4 is 21.6 Å². The van der Waals surface area contributed by atoms with E-state index in [9.17, 15) is 13.2 Å². The number of thiazole rings is 1. The Bertz CT molecular complexity index is 534. The molecule has 0 amide bonds. The van der Waals surface area contributed by atoms with E-state index in [-0.39, 0.29) is 0 Å². The first-order valence-electron chi connectivity index (χ1n) is 5.68. The van der Waals surface area contributed by atoms with Gasteiger partial charge in [0.15, 0.2) is 0 Å². The molecule has 1 heterocycles. The molecule has 0 saturated carbocycles. The third kappa shape index (κ3) is 3.00. The van der Waals surface area contributed by atoms with Crippen molar-refractivity contribution in [1.82, 2.24) is 10.3 Å². The van der Waals surface area contributed by atoms with Crippen molar-refractivity contribution in [1.29, 1.82) is 0 Å². The SMILES string of the molecule is CCCNCc1nc2cc(C(F)(F)F)ccc2s1. The van der Waals surface area contributed by atoms with Crippen LogP contribution in [0.15, 0.2) is 18.2 Å². The first-order chi connectivity index (χ1) is 8.50. The minimum atomic E-state index is -4.31. The highest BCUT2D eigenvalue weighted by molar-refractivity contribution is 7.18. The fraction of sp³-hybridized carbons (Fsp3) is 0.417. The topological polar surface area (TPSA) is 24.9 Å². The molecule has 1 aromatic heterocycles. The average molecular weight is 274 g/mol. The van der Waals surface area contributed by atoms with Gasteiger partial charge in [-0.15, -0.1) is 11.3 Å². The van der Waals surface area contributed by atoms with Crippen molar-refractivity contribution in [3.63, 3.8) is 0 Å². The molecule has 0 aliphatic rings. The normalized spacial score (nSPS) is 12.2. The molecule has 2 nitrogen and oxygen atoms in total. The lowest BCUT2D eigenvalue weighted by Gasteiger charge is -2.04. The fourth-order valence-corrected chi connectivity index (χ4v) is 2.52. The quantitative estimate of drug-likeness (QED) is 0.857. The molecule has 6 heteroatoms. The summed E-state index contributed by atoms with van der Waals surface area (Å²) in [5, 5.41) is 4.00. The van der Waals surface area contributed by atoms with Gasteiger partial charge in [-0.05, 0) is 31.2 Å². The van der Waals surface area contributed by atoms with E-state index in [0.717, 1.165) is 34.8 Å². The van der Waals surface area contributed by atoms with Gasteiger partial charge in [0.05, 0.1) is 15.8 Å². The second-order valence-electron chi connectivity index (χ2n) is 3.96. The molecular weight excluding hydrogens is 261 g/mol. The Morgan fingerprint density at radius 2 is 2.11 bits per heavy atom. The molecule has 0 atom stereocenters. The second kappa shape index (κ2) is 5.24. The molecule has 0 saturated heterocycles. The Morgan fingerprint density at radius 3 is 2.78 bits per heavy atom. The number of benzene rings is 1. The van der Waals surface area contributed by atoms with Crippen LogP contribution < -0.4 is 5.32 Å². The smallest absolute Gasteiger partial charge is 0.310 e. The Labute approximate surface area is 107 Å². The van der Waals surface area contributed by atoms with Crippen molar-refractivity contribution in [3.05, 3.63) is 28.8 Å². The summed E-state index contributed by atoms with van der Waals surface area (Å²) in [6.07, 6.45) is -3.29. The third-order valence-electron chi connectivity index (χ3n) is 2.46. The first-order valence-corrected chi connectivity index (χ1v) is 6.49. The molecule has 1 aromatic carbocycles. The number of nitrogens with zero attached hydrogens (tertiary/aromatic N) is 1. The summed E-state index contributed by atoms with van der Waals surface area (Å²) < 4.78 is 38.4. The number of alkyl halides is 3. The summed E-state index contributed by atoms with van der Waals surface area (Å²) in [6, 6.07) is 3.69. The Morgan fingerprint density at radius 1 is 1.33 bits per heavy atom. The number of halogens is 3. The van der Waals surface area contributed by atoms with E-state index >= 15 is 0 Å². The van der Waals surface area contributed by atoms with Crippen LogP contribution in [-0.2, 0) is 12.7 Å². The van der Waals surface area contributed by atoms with Gasteiger partial charge in [-0.2, -0.15) is 13.2 Å². The summed E-state index contributed by atoms with van der Waals surface area (Å²) in [5.74, 6) is 0. The predicted octanol–water partition coefficient (Wildman–Crippen LogP) is 3.81. The van der Waals surface area contributed by atoms with Gasteiger partial charge in [-0.1, -0.05) is 6.92 Å². The number of rotatable bonds is 4. The van der Waals surface area contributed by atoms with Gasteiger partial charge < -0.3 is 5.32 Å². The van der Waals surface area contributed by atoms with Gasteiger partial charge in [-0.3, -0.25) is 0 Å². The van der Waals surface area contributed by atoms with Crippen LogP contribution in [0, 0.1) is 0 Å². The van der Waals surface area contributed by atoms with Crippen LogP contribution in [0.4, 0.5) is 13.2 Å². The van der Waals surface area contributed by atoms with Gasteiger partial charge >= 0.3 is 6.18 Å². The van der Waals surface area contributed by atoms with E-state index in [4.69, 9.17) is 0 Å². The molecule has 18 heavy (non-hydrogen) atoms. The third-order valence-corrected chi connectivity index (χ3v) is 3.50. The average Bonchev–Trinajstić information content (AvgIpc) is 2.69. The Hall–Kier alpha value is -1.14. The molecule has 0 aliphatic heterocycles. The molecule has 2 rings (SSSR count). The van der Waals surface area contributed by atoms with Crippen LogP contribution in [0.2, 0.25) is 0 Å². The molecule has 2 aromatic rings. The van der Waals surface area contributed by atoms with Crippen molar-refractivity contribution in [3.8, 4) is 0 Å². The summed E-state index contributed by atoms with van der Waals surface area (Å²) in [5.41, 5.74) is -0.225. The molecule has 0 bridgehead atoms. The largest absolute Gasteiger partial charge is 0.416 e. The maximum Gasteiger partial charge on any atom is 0.416 e. The minimum Gasteiger partial charge on any atom is -0.310 e. The van der Waals surface area contributed by atoms with Crippen LogP contribution >= 0.6 is 11.3 Å². The molecule has 0 spiro atoms. The zero-order chi connectivity index (χ0) is 13.2. The van der Waals surface area contributed by atoms with Crippen LogP contribution in [-0.4, -0.2) is 11.5 Å². The van der Waals surface area contributed by atoms with Gasteiger partial charge in [0.1, 0.15) is 5.01 Å². The van der Waals surface area contributed by atoms with Gasteiger partial charge in [0.25, 0.3) is 0 Å². The number of nitrogens with one attached hydrogen (secondary N) is 1. The molecule has 1 N–H and O–H groups in total. The zero-order valence-corrected chi connectivity index (χ0v) is 10.7. The molecule has 0 aliphatic carbocycles. The number of aromatic nitrogens is 1. The Kier molecular flexibility index (Phi) is 3.87. The summed E-state index contributed by atoms with van der Waals surface area (Å²) >= 11 is 1.43. The predicted molar refractivity (Wildman–Crippen MR) is 66.6 cm³/mol. The van der Waals surface area contributed by atoms with Gasteiger partial charge in [0.2, 0.25) is 0 Å². The van der Waals surface area contributed by atoms with E-state index < -0.39 is 11.7 Å². The number of fused-ring (bicyclic) bond motifs is 1. The number of hydrogen-bond acceptors (Lipinski definition) is 3. The zero-order valence-electron chi connectivity index (χ0n) is 9.84. The summed E-state index contributed by atoms with van der Waals surface area (Å²) in [7, 11) is 0. The summed E-state index contributed by atoms with van der Waals surface area (Å²) in [4.78, 5) is 4.21. The van der Waals surface area contributed by atoms with Crippen LogP contribution in [0.1, 0.15) is 23.9 Å². The molecule has 0 fully saturated rings. The highest BCUT2D eigenvalue weighted by Gasteiger charge is 2.30. The van der Waals surface area contributed by atoms with E-state index in [1.165, 1.54) is 17.4 Å². The van der Waals surface area contributed by atoms with E-state index in [1.807, 2.05) is 0 Å². The standard InChI is InChI=1S/C12H13F3N2S/c1-2-5-16-7-11-17-9-6-8(12(13,14)15)3-4-10(9)18-11/h3-4,6,16H,2,5,7H2,1H3. The molecular formula is C12H13F3N2S. The van der Waals surface area contributed by atoms with Crippen molar-refractivity contribution in [2.24, 2.45) is 0 Å². The first kappa shape index (κ1) is 13.3. The fourth-order valence-electron chi connectivity index (χ4n) is 1.60. The molecule has 0 unspecified atom stereocenters.